The van der Waals surface area contributed by atoms with E-state index < -0.39 is 4.92 Å². The second kappa shape index (κ2) is 5.32. The van der Waals surface area contributed by atoms with E-state index in [4.69, 9.17) is 5.26 Å². The first kappa shape index (κ1) is 12.8. The van der Waals surface area contributed by atoms with Gasteiger partial charge in [0.1, 0.15) is 6.07 Å². The highest BCUT2D eigenvalue weighted by Crippen LogP contribution is 2.29. The van der Waals surface area contributed by atoms with Gasteiger partial charge in [0.15, 0.2) is 5.16 Å². The number of nitriles is 1. The van der Waals surface area contributed by atoms with Gasteiger partial charge in [-0.1, -0.05) is 11.8 Å². The van der Waals surface area contributed by atoms with E-state index in [1.807, 2.05) is 6.07 Å². The van der Waals surface area contributed by atoms with Crippen LogP contribution in [0.1, 0.15) is 5.56 Å². The van der Waals surface area contributed by atoms with Crippen LogP contribution in [0.5, 0.6) is 0 Å². The van der Waals surface area contributed by atoms with E-state index in [1.165, 1.54) is 30.5 Å². The Morgan fingerprint density at radius 2 is 2.21 bits per heavy atom. The Hall–Kier alpha value is -2.66. The van der Waals surface area contributed by atoms with Gasteiger partial charge in [-0.3, -0.25) is 14.9 Å². The summed E-state index contributed by atoms with van der Waals surface area (Å²) in [6, 6.07) is 7.08. The van der Waals surface area contributed by atoms with E-state index in [2.05, 4.69) is 9.97 Å². The normalized spacial score (nSPS) is 9.84. The summed E-state index contributed by atoms with van der Waals surface area (Å²) in [4.78, 5) is 28.1. The lowest BCUT2D eigenvalue weighted by Gasteiger charge is -2.02. The van der Waals surface area contributed by atoms with E-state index in [0.29, 0.717) is 10.1 Å². The van der Waals surface area contributed by atoms with Gasteiger partial charge in [-0.25, -0.2) is 4.98 Å². The van der Waals surface area contributed by atoms with E-state index >= 15 is 0 Å². The third-order valence-corrected chi connectivity index (χ3v) is 3.13. The number of nitro groups is 1. The second-order valence-corrected chi connectivity index (χ2v) is 4.42. The molecule has 7 nitrogen and oxygen atoms in total. The van der Waals surface area contributed by atoms with E-state index in [0.717, 1.165) is 11.8 Å². The largest absolute Gasteiger partial charge is 0.301 e. The van der Waals surface area contributed by atoms with Crippen molar-refractivity contribution >= 4 is 17.4 Å². The lowest BCUT2D eigenvalue weighted by molar-refractivity contribution is -0.384. The van der Waals surface area contributed by atoms with Gasteiger partial charge >= 0.3 is 0 Å². The molecule has 0 bridgehead atoms. The molecule has 19 heavy (non-hydrogen) atoms. The SMILES string of the molecule is N#Cc1cc([N+](=O)[O-])ccc1Sc1nccc(=O)[nH]1. The molecule has 0 fully saturated rings. The van der Waals surface area contributed by atoms with Gasteiger partial charge in [0, 0.05) is 29.3 Å². The van der Waals surface area contributed by atoms with Crippen LogP contribution < -0.4 is 5.56 Å². The molecule has 8 heteroatoms. The Kier molecular flexibility index (Phi) is 3.58. The zero-order valence-electron chi connectivity index (χ0n) is 9.36. The number of non-ortho nitro benzene ring substituents is 1. The zero-order valence-corrected chi connectivity index (χ0v) is 10.2. The van der Waals surface area contributed by atoms with E-state index in [1.54, 1.807) is 0 Å². The highest BCUT2D eigenvalue weighted by molar-refractivity contribution is 7.99. The number of hydrogen-bond acceptors (Lipinski definition) is 6. The number of nitro benzene ring substituents is 1. The lowest BCUT2D eigenvalue weighted by atomic mass is 10.2. The molecule has 0 saturated heterocycles. The molecule has 1 heterocycles. The molecule has 0 saturated carbocycles. The molecule has 2 aromatic rings. The minimum atomic E-state index is -0.572. The van der Waals surface area contributed by atoms with E-state index in [9.17, 15) is 14.9 Å². The maximum atomic E-state index is 11.1. The standard InChI is InChI=1S/C11H6N4O3S/c12-6-7-5-8(15(17)18)1-2-9(7)19-11-13-4-3-10(16)14-11/h1-5H,(H,13,14,16). The summed E-state index contributed by atoms with van der Waals surface area (Å²) in [7, 11) is 0. The Bertz CT molecular complexity index is 735. The smallest absolute Gasteiger partial charge is 0.270 e. The van der Waals surface area contributed by atoms with Crippen LogP contribution in [0.15, 0.2) is 45.3 Å². The fraction of sp³-hybridized carbons (Fsp3) is 0. The molecule has 94 valence electrons. The van der Waals surface area contributed by atoms with Crippen molar-refractivity contribution in [1.29, 1.82) is 5.26 Å². The van der Waals surface area contributed by atoms with Crippen molar-refractivity contribution in [2.45, 2.75) is 10.1 Å². The Balaban J connectivity index is 2.38. The maximum absolute atomic E-state index is 11.1. The molecule has 1 N–H and O–H groups in total. The molecule has 0 spiro atoms. The summed E-state index contributed by atoms with van der Waals surface area (Å²) < 4.78 is 0. The summed E-state index contributed by atoms with van der Waals surface area (Å²) >= 11 is 1.06. The highest BCUT2D eigenvalue weighted by atomic mass is 32.2. The number of rotatable bonds is 3. The molecule has 0 amide bonds. The van der Waals surface area contributed by atoms with Crippen LogP contribution in [0.4, 0.5) is 5.69 Å². The first-order valence-corrected chi connectivity index (χ1v) is 5.83. The monoisotopic (exact) mass is 274 g/mol. The third kappa shape index (κ3) is 2.97. The molecule has 0 aliphatic rings. The highest BCUT2D eigenvalue weighted by Gasteiger charge is 2.12. The molecule has 1 aromatic carbocycles. The average molecular weight is 274 g/mol. The van der Waals surface area contributed by atoms with Crippen molar-refractivity contribution in [3.05, 3.63) is 56.5 Å². The van der Waals surface area contributed by atoms with Gasteiger partial charge in [-0.2, -0.15) is 5.26 Å². The molecular formula is C11H6N4O3S. The molecule has 2 rings (SSSR count). The predicted molar refractivity (Wildman–Crippen MR) is 66.8 cm³/mol. The van der Waals surface area contributed by atoms with Crippen molar-refractivity contribution in [2.24, 2.45) is 0 Å². The minimum absolute atomic E-state index is 0.157. The van der Waals surface area contributed by atoms with Gasteiger partial charge in [0.05, 0.1) is 10.5 Å². The van der Waals surface area contributed by atoms with Crippen molar-refractivity contribution < 1.29 is 4.92 Å². The number of aromatic amines is 1. The molecule has 1 aromatic heterocycles. The van der Waals surface area contributed by atoms with E-state index in [-0.39, 0.29) is 16.8 Å². The first-order valence-electron chi connectivity index (χ1n) is 5.02. The van der Waals surface area contributed by atoms with Gasteiger partial charge in [-0.05, 0) is 6.07 Å². The number of nitrogens with one attached hydrogen (secondary N) is 1. The quantitative estimate of drug-likeness (QED) is 0.517. The molecule has 0 aliphatic heterocycles. The average Bonchev–Trinajstić information content (AvgIpc) is 2.39. The van der Waals surface area contributed by atoms with Crippen LogP contribution in [0, 0.1) is 21.4 Å². The Morgan fingerprint density at radius 1 is 1.42 bits per heavy atom. The first-order chi connectivity index (χ1) is 9.10. The molecule has 0 unspecified atom stereocenters. The summed E-state index contributed by atoms with van der Waals surface area (Å²) in [5, 5.41) is 19.9. The van der Waals surface area contributed by atoms with Crippen molar-refractivity contribution in [2.75, 3.05) is 0 Å². The van der Waals surface area contributed by atoms with Gasteiger partial charge in [0.2, 0.25) is 0 Å². The summed E-state index contributed by atoms with van der Waals surface area (Å²) in [5.41, 5.74) is -0.306. The van der Waals surface area contributed by atoms with Crippen LogP contribution >= 0.6 is 11.8 Å². The number of benzene rings is 1. The van der Waals surface area contributed by atoms with Crippen LogP contribution in [0.2, 0.25) is 0 Å². The van der Waals surface area contributed by atoms with Gasteiger partial charge in [-0.15, -0.1) is 0 Å². The lowest BCUT2D eigenvalue weighted by Crippen LogP contribution is -2.05. The number of hydrogen-bond donors (Lipinski definition) is 1. The Morgan fingerprint density at radius 3 is 2.84 bits per heavy atom. The fourth-order valence-electron chi connectivity index (χ4n) is 1.32. The van der Waals surface area contributed by atoms with Crippen molar-refractivity contribution in [3.63, 3.8) is 0 Å². The maximum Gasteiger partial charge on any atom is 0.270 e. The Labute approximate surface area is 111 Å². The van der Waals surface area contributed by atoms with Crippen molar-refractivity contribution in [1.82, 2.24) is 9.97 Å². The van der Waals surface area contributed by atoms with Crippen LogP contribution in [-0.2, 0) is 0 Å². The fourth-order valence-corrected chi connectivity index (χ4v) is 2.14. The predicted octanol–water partition coefficient (Wildman–Crippen LogP) is 1.70. The van der Waals surface area contributed by atoms with Crippen molar-refractivity contribution in [3.8, 4) is 6.07 Å². The van der Waals surface area contributed by atoms with Gasteiger partial charge in [0.25, 0.3) is 11.2 Å². The third-order valence-electron chi connectivity index (χ3n) is 2.15. The van der Waals surface area contributed by atoms with Crippen LogP contribution in [0.3, 0.4) is 0 Å². The summed E-state index contributed by atoms with van der Waals surface area (Å²) in [5.74, 6) is 0. The molecular weight excluding hydrogens is 268 g/mol. The number of aromatic nitrogens is 2. The summed E-state index contributed by atoms with van der Waals surface area (Å²) in [6.45, 7) is 0. The van der Waals surface area contributed by atoms with Gasteiger partial charge < -0.3 is 4.98 Å². The molecule has 0 radical (unpaired) electrons. The molecule has 0 atom stereocenters. The number of H-pyrrole nitrogens is 1. The zero-order chi connectivity index (χ0) is 13.8. The molecule has 0 aliphatic carbocycles. The summed E-state index contributed by atoms with van der Waals surface area (Å²) in [6.07, 6.45) is 1.35. The number of nitrogens with zero attached hydrogens (tertiary/aromatic N) is 3. The van der Waals surface area contributed by atoms with Crippen LogP contribution in [0.25, 0.3) is 0 Å². The topological polar surface area (TPSA) is 113 Å². The second-order valence-electron chi connectivity index (χ2n) is 3.39. The minimum Gasteiger partial charge on any atom is -0.301 e. The van der Waals surface area contributed by atoms with Crippen LogP contribution in [-0.4, -0.2) is 14.9 Å².